The lowest BCUT2D eigenvalue weighted by atomic mass is 10.1. The van der Waals surface area contributed by atoms with Crippen LogP contribution in [-0.4, -0.2) is 15.0 Å². The Morgan fingerprint density at radius 1 is 0.667 bits per heavy atom. The molecule has 4 nitrogen and oxygen atoms in total. The number of hydrogen-bond donors (Lipinski definition) is 0. The molecule has 1 aliphatic rings. The summed E-state index contributed by atoms with van der Waals surface area (Å²) in [6.45, 7) is 4.16. The molecule has 0 radical (unpaired) electrons. The van der Waals surface area contributed by atoms with Crippen LogP contribution in [-0.2, 0) is 10.7 Å². The van der Waals surface area contributed by atoms with Crippen LogP contribution in [0, 0.1) is 13.8 Å². The Labute approximate surface area is 178 Å². The van der Waals surface area contributed by atoms with Crippen molar-refractivity contribution in [3.05, 3.63) is 102 Å². The summed E-state index contributed by atoms with van der Waals surface area (Å²) in [5.41, 5.74) is 7.01. The van der Waals surface area contributed by atoms with E-state index in [2.05, 4.69) is 72.3 Å². The van der Waals surface area contributed by atoms with E-state index < -0.39 is 10.7 Å². The second-order valence-electron chi connectivity index (χ2n) is 7.21. The fourth-order valence-corrected chi connectivity index (χ4v) is 5.17. The van der Waals surface area contributed by atoms with Gasteiger partial charge in [0.25, 0.3) is 0 Å². The Hall–Kier alpha value is -3.44. The lowest BCUT2D eigenvalue weighted by Gasteiger charge is -2.22. The molecule has 30 heavy (non-hydrogen) atoms. The molecule has 1 atom stereocenters. The number of hydrogen-bond acceptors (Lipinski definition) is 4. The highest BCUT2D eigenvalue weighted by molar-refractivity contribution is 8.03. The molecule has 146 valence electrons. The lowest BCUT2D eigenvalue weighted by Crippen LogP contribution is -2.18. The first kappa shape index (κ1) is 18.6. The summed E-state index contributed by atoms with van der Waals surface area (Å²) < 4.78 is 5.12. The molecule has 4 aromatic rings. The van der Waals surface area contributed by atoms with Crippen molar-refractivity contribution in [3.63, 3.8) is 0 Å². The molecule has 5 heteroatoms. The van der Waals surface area contributed by atoms with Crippen LogP contribution in [0.5, 0.6) is 0 Å². The third-order valence-electron chi connectivity index (χ3n) is 4.92. The summed E-state index contributed by atoms with van der Waals surface area (Å²) in [7, 11) is -0.610. The van der Waals surface area contributed by atoms with Crippen LogP contribution in [0.25, 0.3) is 11.4 Å². The predicted molar refractivity (Wildman–Crippen MR) is 124 cm³/mol. The number of fused-ring (bicyclic) bond motifs is 3. The standard InChI is InChI=1S/C25H20N4S/c1-17-7-11-19(12-8-17)28-25-21-5-3-15-26-23(21)24-22(6-4-16-27-24)30(25)29-20-13-9-18(2)10-14-20/h3-16H,1-2H3. The lowest BCUT2D eigenvalue weighted by molar-refractivity contribution is 1.18. The summed E-state index contributed by atoms with van der Waals surface area (Å²) in [5.74, 6) is 0. The van der Waals surface area contributed by atoms with Gasteiger partial charge in [0.1, 0.15) is 10.7 Å². The number of nitrogens with zero attached hydrogens (tertiary/aromatic N) is 4. The first-order valence-electron chi connectivity index (χ1n) is 9.78. The second-order valence-corrected chi connectivity index (χ2v) is 8.79. The third kappa shape index (κ3) is 3.48. The van der Waals surface area contributed by atoms with Gasteiger partial charge >= 0.3 is 0 Å². The highest BCUT2D eigenvalue weighted by Crippen LogP contribution is 2.36. The normalized spacial score (nSPS) is 16.3. The molecule has 0 saturated carbocycles. The van der Waals surface area contributed by atoms with Gasteiger partial charge in [0.05, 0.1) is 22.0 Å². The van der Waals surface area contributed by atoms with Gasteiger partial charge in [0, 0.05) is 18.0 Å². The quantitative estimate of drug-likeness (QED) is 0.388. The Morgan fingerprint density at radius 2 is 1.27 bits per heavy atom. The average molecular weight is 409 g/mol. The summed E-state index contributed by atoms with van der Waals surface area (Å²) in [5, 5.41) is 0.919. The molecule has 0 fully saturated rings. The largest absolute Gasteiger partial charge is 0.254 e. The van der Waals surface area contributed by atoms with Gasteiger partial charge in [-0.25, -0.2) is 9.36 Å². The molecular weight excluding hydrogens is 388 g/mol. The molecular formula is C25H20N4S. The summed E-state index contributed by atoms with van der Waals surface area (Å²) in [4.78, 5) is 15.4. The zero-order valence-electron chi connectivity index (χ0n) is 16.8. The van der Waals surface area contributed by atoms with Crippen molar-refractivity contribution in [2.45, 2.75) is 18.7 Å². The van der Waals surface area contributed by atoms with Gasteiger partial charge in [0.15, 0.2) is 0 Å². The van der Waals surface area contributed by atoms with Crippen molar-refractivity contribution in [2.75, 3.05) is 0 Å². The first-order valence-corrected chi connectivity index (χ1v) is 11.0. The SMILES string of the molecule is Cc1ccc(N=C2c3cccnc3-c3ncccc3S2=Nc2ccc(C)cc2)cc1. The minimum Gasteiger partial charge on any atom is -0.254 e. The minimum absolute atomic E-state index is 0.610. The Bertz CT molecular complexity index is 1190. The topological polar surface area (TPSA) is 50.5 Å². The number of aliphatic imine (C=N–C) groups is 1. The molecule has 0 bridgehead atoms. The van der Waals surface area contributed by atoms with E-state index in [1.165, 1.54) is 11.1 Å². The fourth-order valence-electron chi connectivity index (χ4n) is 3.34. The van der Waals surface area contributed by atoms with E-state index in [1.807, 2.05) is 30.5 Å². The van der Waals surface area contributed by atoms with E-state index >= 15 is 0 Å². The molecule has 0 saturated heterocycles. The minimum atomic E-state index is -0.610. The molecule has 0 spiro atoms. The van der Waals surface area contributed by atoms with Gasteiger partial charge in [-0.15, -0.1) is 0 Å². The van der Waals surface area contributed by atoms with E-state index in [0.717, 1.165) is 38.3 Å². The van der Waals surface area contributed by atoms with E-state index in [-0.39, 0.29) is 0 Å². The van der Waals surface area contributed by atoms with Crippen molar-refractivity contribution in [1.29, 1.82) is 0 Å². The molecule has 0 amide bonds. The summed E-state index contributed by atoms with van der Waals surface area (Å²) in [6, 6.07) is 24.6. The molecule has 1 unspecified atom stereocenters. The van der Waals surface area contributed by atoms with E-state index in [4.69, 9.17) is 9.36 Å². The van der Waals surface area contributed by atoms with Crippen molar-refractivity contribution >= 4 is 27.1 Å². The van der Waals surface area contributed by atoms with E-state index in [0.29, 0.717) is 0 Å². The number of pyridine rings is 2. The summed E-state index contributed by atoms with van der Waals surface area (Å²) >= 11 is 0. The number of benzene rings is 2. The zero-order chi connectivity index (χ0) is 20.5. The molecule has 5 rings (SSSR count). The smallest absolute Gasteiger partial charge is 0.122 e. The predicted octanol–water partition coefficient (Wildman–Crippen LogP) is 6.34. The van der Waals surface area contributed by atoms with Crippen LogP contribution in [0.4, 0.5) is 11.4 Å². The van der Waals surface area contributed by atoms with Crippen molar-refractivity contribution in [3.8, 4) is 11.4 Å². The van der Waals surface area contributed by atoms with Crippen molar-refractivity contribution in [2.24, 2.45) is 9.36 Å². The molecule has 0 N–H and O–H groups in total. The Balaban J connectivity index is 1.78. The molecule has 2 aromatic heterocycles. The molecule has 0 aliphatic carbocycles. The van der Waals surface area contributed by atoms with Crippen molar-refractivity contribution in [1.82, 2.24) is 9.97 Å². The van der Waals surface area contributed by atoms with Crippen LogP contribution in [0.3, 0.4) is 0 Å². The van der Waals surface area contributed by atoms with Crippen LogP contribution in [0.1, 0.15) is 16.7 Å². The van der Waals surface area contributed by atoms with Gasteiger partial charge in [0.2, 0.25) is 0 Å². The van der Waals surface area contributed by atoms with Crippen LogP contribution >= 0.6 is 0 Å². The zero-order valence-corrected chi connectivity index (χ0v) is 17.6. The summed E-state index contributed by atoms with van der Waals surface area (Å²) in [6.07, 6.45) is 3.62. The van der Waals surface area contributed by atoms with Crippen LogP contribution in [0.15, 0.2) is 99.4 Å². The highest BCUT2D eigenvalue weighted by Gasteiger charge is 2.28. The first-order chi connectivity index (χ1) is 14.7. The Kier molecular flexibility index (Phi) is 4.81. The number of aromatic nitrogens is 2. The molecule has 1 aliphatic heterocycles. The van der Waals surface area contributed by atoms with Crippen LogP contribution in [0.2, 0.25) is 0 Å². The van der Waals surface area contributed by atoms with Gasteiger partial charge in [-0.1, -0.05) is 35.4 Å². The van der Waals surface area contributed by atoms with Gasteiger partial charge in [-0.3, -0.25) is 9.97 Å². The van der Waals surface area contributed by atoms with Gasteiger partial charge < -0.3 is 0 Å². The number of aryl methyl sites for hydroxylation is 2. The van der Waals surface area contributed by atoms with E-state index in [9.17, 15) is 0 Å². The molecule has 2 aromatic carbocycles. The highest BCUT2D eigenvalue weighted by atomic mass is 32.2. The molecule has 3 heterocycles. The van der Waals surface area contributed by atoms with E-state index in [1.54, 1.807) is 6.20 Å². The second kappa shape index (κ2) is 7.76. The van der Waals surface area contributed by atoms with Crippen LogP contribution < -0.4 is 0 Å². The number of rotatable bonds is 2. The maximum absolute atomic E-state index is 5.12. The van der Waals surface area contributed by atoms with Gasteiger partial charge in [-0.05, 0) is 73.1 Å². The fraction of sp³-hybridized carbons (Fsp3) is 0.0800. The average Bonchev–Trinajstić information content (AvgIpc) is 2.79. The monoisotopic (exact) mass is 408 g/mol. The Morgan fingerprint density at radius 3 is 1.97 bits per heavy atom. The maximum atomic E-state index is 5.12. The maximum Gasteiger partial charge on any atom is 0.122 e. The van der Waals surface area contributed by atoms with Gasteiger partial charge in [-0.2, -0.15) is 0 Å². The van der Waals surface area contributed by atoms with Crippen molar-refractivity contribution < 1.29 is 0 Å². The third-order valence-corrected chi connectivity index (χ3v) is 6.74.